The van der Waals surface area contributed by atoms with E-state index in [-0.39, 0.29) is 55.0 Å². The summed E-state index contributed by atoms with van der Waals surface area (Å²) < 4.78 is 0. The highest BCUT2D eigenvalue weighted by molar-refractivity contribution is 5.79. The summed E-state index contributed by atoms with van der Waals surface area (Å²) in [5, 5.41) is 32.2. The predicted molar refractivity (Wildman–Crippen MR) is 592 cm³/mol. The first-order chi connectivity index (χ1) is 64.0. The number of fused-ring (bicyclic) bond motifs is 8. The first kappa shape index (κ1) is 129. The highest BCUT2D eigenvalue weighted by Crippen LogP contribution is 2.53. The van der Waals surface area contributed by atoms with Gasteiger partial charge in [0.2, 0.25) is 35.4 Å². The first-order valence-electron chi connectivity index (χ1n) is 56.1. The lowest BCUT2D eigenvalue weighted by Gasteiger charge is -2.48. The molecule has 0 aliphatic heterocycles. The van der Waals surface area contributed by atoms with Gasteiger partial charge in [-0.15, -0.1) is 0 Å². The molecule has 6 amide bonds. The number of unbranched alkanes of at least 4 members (excludes halogenated alkanes) is 1. The van der Waals surface area contributed by atoms with Crippen LogP contribution in [0, 0.1) is 142 Å². The van der Waals surface area contributed by atoms with E-state index in [1.54, 1.807) is 0 Å². The third-order valence-electron chi connectivity index (χ3n) is 27.3. The Balaban J connectivity index is 0.000000800. The van der Waals surface area contributed by atoms with Gasteiger partial charge in [0.15, 0.2) is 0 Å². The van der Waals surface area contributed by atoms with Crippen molar-refractivity contribution < 1.29 is 28.8 Å². The minimum Gasteiger partial charge on any atom is -0.389 e. The number of hydrogen-bond acceptors (Lipinski definition) is 10. The van der Waals surface area contributed by atoms with Gasteiger partial charge < -0.3 is 53.2 Å². The van der Waals surface area contributed by atoms with Gasteiger partial charge in [-0.05, 0) is 322 Å². The number of carbonyl (C=O) groups excluding carboxylic acids is 6. The SMILES string of the molecule is C.C=C(CC(C)C)NC1CC2CCC1CC2NC(=O)CC(C)C.C=C(CC(C)C)NC1CCC(NC(=O)CC(C)C)CC1.C=C(CC(C)C)NCCCCNC(=O)CC(C)C.C=C(CC(C)C)NCCCNC(=O)CC(C)C.CC(C)C/C=C/C1CC2CC1CC2/C=C/CC(C)C.CC(C)C/C=C/C1CC2CCC(C1)CC(/C=C/CC(C)C)C2.CC(C)CC(=O)NC1CC(NC(=O)CC(C)C)C1. The molecule has 9 aliphatic rings. The molecule has 6 bridgehead atoms. The fourth-order valence-corrected chi connectivity index (χ4v) is 21.0. The van der Waals surface area contributed by atoms with Crippen LogP contribution >= 0.6 is 0 Å². The van der Waals surface area contributed by atoms with Crippen molar-refractivity contribution >= 4 is 35.4 Å². The molecule has 9 fully saturated rings. The zero-order chi connectivity index (χ0) is 102. The van der Waals surface area contributed by atoms with Crippen LogP contribution in [-0.2, 0) is 28.8 Å². The Labute approximate surface area is 846 Å². The molecule has 794 valence electrons. The number of hydrogen-bond donors (Lipinski definition) is 10. The van der Waals surface area contributed by atoms with Crippen molar-refractivity contribution in [3.63, 3.8) is 0 Å². The molecule has 0 spiro atoms. The van der Waals surface area contributed by atoms with Crippen LogP contribution in [-0.4, -0.2) is 97.9 Å². The first-order valence-corrected chi connectivity index (χ1v) is 56.1. The van der Waals surface area contributed by atoms with Crippen molar-refractivity contribution in [2.24, 2.45) is 142 Å². The van der Waals surface area contributed by atoms with Gasteiger partial charge in [0.25, 0.3) is 0 Å². The molecule has 0 aromatic rings. The van der Waals surface area contributed by atoms with Crippen LogP contribution in [0.2, 0.25) is 0 Å². The average Bonchev–Trinajstić information content (AvgIpc) is 1.74. The number of nitrogens with one attached hydrogen (secondary N) is 10. The molecule has 8 atom stereocenters. The molecule has 0 radical (unpaired) electrons. The molecule has 10 N–H and O–H groups in total. The van der Waals surface area contributed by atoms with Gasteiger partial charge in [-0.25, -0.2) is 0 Å². The molecule has 8 unspecified atom stereocenters. The van der Waals surface area contributed by atoms with Gasteiger partial charge >= 0.3 is 0 Å². The third-order valence-corrected chi connectivity index (χ3v) is 27.3. The van der Waals surface area contributed by atoms with Gasteiger partial charge in [0.05, 0.1) is 0 Å². The van der Waals surface area contributed by atoms with Crippen molar-refractivity contribution in [2.75, 3.05) is 26.2 Å². The number of carbonyl (C=O) groups is 6. The lowest BCUT2D eigenvalue weighted by Crippen LogP contribution is -2.55. The second-order valence-corrected chi connectivity index (χ2v) is 49.3. The van der Waals surface area contributed by atoms with Crippen LogP contribution in [0.15, 0.2) is 97.7 Å². The summed E-state index contributed by atoms with van der Waals surface area (Å²) in [7, 11) is 0. The van der Waals surface area contributed by atoms with E-state index in [4.69, 9.17) is 0 Å². The van der Waals surface area contributed by atoms with E-state index in [0.29, 0.717) is 134 Å². The molecule has 0 aromatic carbocycles. The lowest BCUT2D eigenvalue weighted by molar-refractivity contribution is -0.125. The van der Waals surface area contributed by atoms with Crippen LogP contribution in [0.1, 0.15) is 432 Å². The topological polar surface area (TPSA) is 223 Å². The zero-order valence-corrected chi connectivity index (χ0v) is 93.5. The van der Waals surface area contributed by atoms with Crippen molar-refractivity contribution in [1.29, 1.82) is 0 Å². The molecule has 137 heavy (non-hydrogen) atoms. The standard InChI is InChI=1S/C22H38.C19H34N2O.C19H32.C17H32N2O.C15H30N2O.C14H26N2O2.C14H28N2O.CH4/c1-17(2)7-5-9-19-13-21-11-12-22(14-19)16-20(15-21)10-6-8-18(3)4;1-12(2)8-14(5)20-17-10-16-7-6-15(17)11-18(16)21-19(22)9-13(3)4;1-14(2)7-5-9-16-11-19-13-18(16)12-17(19)10-6-8-15(3)4;1-12(2)10-14(5)18-15-6-8-16(9-7-15)19-17(20)11-13(3)4;1-12(2)10-14(5)16-8-6-7-9-17-15(18)11-13(3)4;1-9(2)5-13(17)15-11-7-12(8-11)16-14(18)6-10(3)4;1-11(2)9-13(5)15-7-6-8-16-14(17)10-12(3)4;/h5-6,9-10,17-22H,7-8,11-16H2,1-4H3;12-13,15-18,20H,5-11H2,1-4H3,(H,21,22);5-6,9-10,14-19H,7-8,11-13H2,1-4H3;12-13,15-16,18H,5-11H2,1-4H3,(H,19,20);12-13,16H,5-11H2,1-4H3,(H,17,18);9-12H,5-8H2,1-4H3,(H,15,17)(H,16,18);11-12,15H,5-10H2,1-4H3,(H,16,17);1H4/b9-5+,10-6+;;9-5+,10-6+;;;;;. The van der Waals surface area contributed by atoms with E-state index in [1.165, 1.54) is 108 Å². The van der Waals surface area contributed by atoms with Crippen molar-refractivity contribution in [3.05, 3.63) is 97.7 Å². The molecular weight excluding hydrogens is 1690 g/mol. The van der Waals surface area contributed by atoms with Crippen molar-refractivity contribution in [2.45, 2.75) is 469 Å². The monoisotopic (exact) mass is 1910 g/mol. The molecular formula is C121H224N10O6. The van der Waals surface area contributed by atoms with Gasteiger partial charge in [0, 0.05) is 124 Å². The highest BCUT2D eigenvalue weighted by Gasteiger charge is 2.45. The van der Waals surface area contributed by atoms with E-state index in [1.807, 2.05) is 27.7 Å². The maximum Gasteiger partial charge on any atom is 0.220 e. The quantitative estimate of drug-likeness (QED) is 0.0205. The fraction of sp³-hybridized carbons (Fsp3) is 0.818. The second-order valence-electron chi connectivity index (χ2n) is 49.3. The number of rotatable bonds is 51. The van der Waals surface area contributed by atoms with Gasteiger partial charge in [-0.3, -0.25) is 28.8 Å². The van der Waals surface area contributed by atoms with E-state index in [9.17, 15) is 28.8 Å². The van der Waals surface area contributed by atoms with Crippen LogP contribution < -0.4 is 53.2 Å². The van der Waals surface area contributed by atoms with Gasteiger partial charge in [-0.2, -0.15) is 0 Å². The van der Waals surface area contributed by atoms with E-state index in [0.717, 1.165) is 204 Å². The molecule has 16 nitrogen and oxygen atoms in total. The van der Waals surface area contributed by atoms with Crippen LogP contribution in [0.25, 0.3) is 0 Å². The van der Waals surface area contributed by atoms with Crippen molar-refractivity contribution in [3.8, 4) is 0 Å². The van der Waals surface area contributed by atoms with E-state index in [2.05, 4.69) is 294 Å². The van der Waals surface area contributed by atoms with Gasteiger partial charge in [-0.1, -0.05) is 289 Å². The number of allylic oxidation sites excluding steroid dienone is 12. The summed E-state index contributed by atoms with van der Waals surface area (Å²) in [6.07, 6.45) is 60.2. The summed E-state index contributed by atoms with van der Waals surface area (Å²) >= 11 is 0. The summed E-state index contributed by atoms with van der Waals surface area (Å²) in [6, 6.07) is 2.39. The summed E-state index contributed by atoms with van der Waals surface area (Å²) in [6.45, 7) is 80.5. The average molecular weight is 1920 g/mol. The van der Waals surface area contributed by atoms with Gasteiger partial charge in [0.1, 0.15) is 0 Å². The Morgan fingerprint density at radius 3 is 0.832 bits per heavy atom. The van der Waals surface area contributed by atoms with Crippen LogP contribution in [0.4, 0.5) is 0 Å². The fourth-order valence-electron chi connectivity index (χ4n) is 21.0. The Morgan fingerprint density at radius 2 is 0.511 bits per heavy atom. The van der Waals surface area contributed by atoms with E-state index >= 15 is 0 Å². The Kier molecular flexibility index (Phi) is 68.8. The molecule has 9 rings (SSSR count). The maximum absolute atomic E-state index is 12.0. The summed E-state index contributed by atoms with van der Waals surface area (Å²) in [4.78, 5) is 69.6. The third kappa shape index (κ3) is 66.4. The minimum absolute atomic E-state index is 0. The normalized spacial score (nSPS) is 24.1. The molecule has 0 heterocycles. The van der Waals surface area contributed by atoms with Crippen molar-refractivity contribution in [1.82, 2.24) is 53.2 Å². The maximum atomic E-state index is 12.0. The van der Waals surface area contributed by atoms with E-state index < -0.39 is 0 Å². The lowest BCUT2D eigenvalue weighted by atomic mass is 9.65. The molecule has 0 aromatic heterocycles. The molecule has 9 aliphatic carbocycles. The largest absolute Gasteiger partial charge is 0.389 e. The Hall–Kier alpha value is -6.06. The second kappa shape index (κ2) is 73.1. The Bertz CT molecular complexity index is 3180. The van der Waals surface area contributed by atoms with Crippen LogP contribution in [0.3, 0.4) is 0 Å². The van der Waals surface area contributed by atoms with Crippen LogP contribution in [0.5, 0.6) is 0 Å². The summed E-state index contributed by atoms with van der Waals surface area (Å²) in [5.74, 6) is 18.2. The molecule has 0 saturated heterocycles. The number of amides is 6. The smallest absolute Gasteiger partial charge is 0.220 e. The minimum atomic E-state index is 0. The predicted octanol–water partition coefficient (Wildman–Crippen LogP) is 28.6. The Morgan fingerprint density at radius 1 is 0.241 bits per heavy atom. The zero-order valence-electron chi connectivity index (χ0n) is 93.5. The summed E-state index contributed by atoms with van der Waals surface area (Å²) in [5.41, 5.74) is 4.56. The molecule has 9 saturated carbocycles. The molecule has 16 heteroatoms. The highest BCUT2D eigenvalue weighted by atomic mass is 16.2.